The third kappa shape index (κ3) is 4.34. The fourth-order valence-electron chi connectivity index (χ4n) is 3.29. The molecule has 0 bridgehead atoms. The Kier molecular flexibility index (Phi) is 5.63. The minimum atomic E-state index is -5.21. The molecule has 0 aliphatic rings. The number of nitrogens with zero attached hydrogens (tertiary/aromatic N) is 3. The van der Waals surface area contributed by atoms with Gasteiger partial charge in [-0.25, -0.2) is 22.4 Å². The predicted octanol–water partition coefficient (Wildman–Crippen LogP) is 5.72. The molecule has 4 aromatic rings. The quantitative estimate of drug-likeness (QED) is 0.321. The van der Waals surface area contributed by atoms with E-state index in [0.717, 1.165) is 6.20 Å². The highest BCUT2D eigenvalue weighted by Gasteiger charge is 2.38. The van der Waals surface area contributed by atoms with E-state index in [-0.39, 0.29) is 40.9 Å². The lowest BCUT2D eigenvalue weighted by Gasteiger charge is -2.15. The van der Waals surface area contributed by atoms with Crippen LogP contribution in [0.4, 0.5) is 32.3 Å². The number of halogens is 7. The van der Waals surface area contributed by atoms with E-state index < -0.39 is 38.4 Å². The van der Waals surface area contributed by atoms with Gasteiger partial charge < -0.3 is 5.73 Å². The normalized spacial score (nSPS) is 12.9. The minimum absolute atomic E-state index is 0.00125. The lowest BCUT2D eigenvalue weighted by atomic mass is 10.1. The van der Waals surface area contributed by atoms with Gasteiger partial charge in [-0.05, 0) is 42.5 Å². The van der Waals surface area contributed by atoms with Crippen molar-refractivity contribution >= 4 is 42.8 Å². The highest BCUT2D eigenvalue weighted by molar-refractivity contribution is 9.10. The summed E-state index contributed by atoms with van der Waals surface area (Å²) in [5, 5.41) is 0.305. The lowest BCUT2D eigenvalue weighted by Crippen LogP contribution is -2.17. The van der Waals surface area contributed by atoms with E-state index in [9.17, 15) is 34.8 Å². The molecule has 0 radical (unpaired) electrons. The monoisotopic (exact) mass is 564 g/mol. The second-order valence-corrected chi connectivity index (χ2v) is 9.78. The summed E-state index contributed by atoms with van der Waals surface area (Å²) >= 11 is 3.25. The van der Waals surface area contributed by atoms with Crippen molar-refractivity contribution in [3.8, 4) is 11.3 Å². The number of rotatable bonds is 3. The number of anilines is 1. The molecule has 2 aromatic heterocycles. The molecule has 0 aliphatic carbocycles. The van der Waals surface area contributed by atoms with Gasteiger partial charge in [-0.3, -0.25) is 0 Å². The average molecular weight is 565 g/mol. The van der Waals surface area contributed by atoms with E-state index in [0.29, 0.717) is 13.8 Å². The van der Waals surface area contributed by atoms with Gasteiger partial charge in [-0.15, -0.1) is 0 Å². The van der Waals surface area contributed by atoms with Crippen molar-refractivity contribution in [1.29, 1.82) is 0 Å². The number of hydrogen-bond donors (Lipinski definition) is 1. The smallest absolute Gasteiger partial charge is 0.368 e. The molecule has 0 fully saturated rings. The molecule has 2 heterocycles. The van der Waals surface area contributed by atoms with Gasteiger partial charge >= 0.3 is 12.4 Å². The fourth-order valence-corrected chi connectivity index (χ4v) is 5.09. The average Bonchev–Trinajstić information content (AvgIpc) is 3.11. The van der Waals surface area contributed by atoms with E-state index in [1.807, 2.05) is 0 Å². The topological polar surface area (TPSA) is 90.9 Å². The Bertz CT molecular complexity index is 1500. The molecule has 34 heavy (non-hydrogen) atoms. The number of hydrogen-bond acceptors (Lipinski definition) is 5. The van der Waals surface area contributed by atoms with E-state index >= 15 is 0 Å². The molecule has 0 spiro atoms. The number of fused-ring (bicyclic) bond motifs is 1. The highest BCUT2D eigenvalue weighted by Crippen LogP contribution is 2.39. The van der Waals surface area contributed by atoms with Crippen LogP contribution in [0.2, 0.25) is 0 Å². The zero-order valence-corrected chi connectivity index (χ0v) is 18.9. The maximum absolute atomic E-state index is 13.4. The summed E-state index contributed by atoms with van der Waals surface area (Å²) in [6, 6.07) is 5.97. The van der Waals surface area contributed by atoms with Gasteiger partial charge in [-0.1, -0.05) is 15.9 Å². The van der Waals surface area contributed by atoms with Crippen molar-refractivity contribution in [3.63, 3.8) is 0 Å². The zero-order chi connectivity index (χ0) is 25.1. The van der Waals surface area contributed by atoms with Crippen LogP contribution in [0, 0.1) is 0 Å². The van der Waals surface area contributed by atoms with Crippen LogP contribution in [-0.2, 0) is 22.4 Å². The molecule has 4 rings (SSSR count). The van der Waals surface area contributed by atoms with E-state index in [1.165, 1.54) is 30.5 Å². The molecule has 178 valence electrons. The first-order valence-electron chi connectivity index (χ1n) is 9.12. The van der Waals surface area contributed by atoms with E-state index in [2.05, 4.69) is 25.9 Å². The molecule has 0 aliphatic heterocycles. The second-order valence-electron chi connectivity index (χ2n) is 7.05. The molecule has 6 nitrogen and oxygen atoms in total. The largest absolute Gasteiger partial charge is 0.416 e. The molecule has 2 N–H and O–H groups in total. The van der Waals surface area contributed by atoms with Crippen LogP contribution in [-0.4, -0.2) is 22.4 Å². The van der Waals surface area contributed by atoms with Crippen LogP contribution in [0.25, 0.3) is 22.2 Å². The van der Waals surface area contributed by atoms with Gasteiger partial charge in [0.1, 0.15) is 0 Å². The Morgan fingerprint density at radius 3 is 2.09 bits per heavy atom. The van der Waals surface area contributed by atoms with Gasteiger partial charge in [0.05, 0.1) is 27.2 Å². The van der Waals surface area contributed by atoms with Crippen molar-refractivity contribution in [2.45, 2.75) is 17.2 Å². The fraction of sp³-hybridized carbons (Fsp3) is 0.100. The third-order valence-electron chi connectivity index (χ3n) is 4.80. The maximum Gasteiger partial charge on any atom is 0.416 e. The molecule has 0 amide bonds. The Balaban J connectivity index is 2.02. The zero-order valence-electron chi connectivity index (χ0n) is 16.5. The summed E-state index contributed by atoms with van der Waals surface area (Å²) in [6.45, 7) is 0. The lowest BCUT2D eigenvalue weighted by molar-refractivity contribution is -0.143. The third-order valence-corrected chi connectivity index (χ3v) is 6.95. The summed E-state index contributed by atoms with van der Waals surface area (Å²) in [4.78, 5) is 6.60. The Morgan fingerprint density at radius 1 is 0.912 bits per heavy atom. The summed E-state index contributed by atoms with van der Waals surface area (Å²) in [6.07, 6.45) is -8.05. The molecule has 0 saturated carbocycles. The van der Waals surface area contributed by atoms with Crippen LogP contribution >= 0.6 is 15.9 Å². The predicted molar refractivity (Wildman–Crippen MR) is 114 cm³/mol. The standard InChI is InChI=1S/C20H11BrF6N4O2S/c21-12-1-2-17-14(8-12)15(16-3-4-29-18(28)30-16)9-31(17)34(32,33)13-6-10(19(22,23)24)5-11(7-13)20(25,26)27/h1-9H,(H2,28,29,30). The van der Waals surface area contributed by atoms with Gasteiger partial charge in [0, 0.05) is 27.8 Å². The van der Waals surface area contributed by atoms with Crippen molar-refractivity contribution in [2.24, 2.45) is 0 Å². The summed E-state index contributed by atoms with van der Waals surface area (Å²) in [5.74, 6) is -0.121. The first-order valence-corrected chi connectivity index (χ1v) is 11.4. The highest BCUT2D eigenvalue weighted by atomic mass is 79.9. The van der Waals surface area contributed by atoms with Crippen LogP contribution in [0.15, 0.2) is 64.2 Å². The van der Waals surface area contributed by atoms with Gasteiger partial charge in [0.15, 0.2) is 0 Å². The molecule has 0 saturated heterocycles. The molecule has 2 aromatic carbocycles. The van der Waals surface area contributed by atoms with E-state index in [1.54, 1.807) is 0 Å². The van der Waals surface area contributed by atoms with Gasteiger partial charge in [0.25, 0.3) is 10.0 Å². The number of benzene rings is 2. The number of alkyl halides is 6. The van der Waals surface area contributed by atoms with E-state index in [4.69, 9.17) is 5.73 Å². The van der Waals surface area contributed by atoms with Gasteiger partial charge in [-0.2, -0.15) is 26.3 Å². The molecule has 0 unspecified atom stereocenters. The molecule has 0 atom stereocenters. The second kappa shape index (κ2) is 7.98. The number of aromatic nitrogens is 3. The number of nitrogens with two attached hydrogens (primary N) is 1. The van der Waals surface area contributed by atoms with Crippen LogP contribution in [0.3, 0.4) is 0 Å². The van der Waals surface area contributed by atoms with Crippen molar-refractivity contribution in [2.75, 3.05) is 5.73 Å². The SMILES string of the molecule is Nc1nccc(-c2cn(S(=O)(=O)c3cc(C(F)(F)F)cc(C(F)(F)F)c3)c3ccc(Br)cc23)n1. The minimum Gasteiger partial charge on any atom is -0.368 e. The Labute approximate surface area is 196 Å². The van der Waals surface area contributed by atoms with Crippen LogP contribution in [0.5, 0.6) is 0 Å². The number of nitrogen functional groups attached to an aromatic ring is 1. The van der Waals surface area contributed by atoms with Gasteiger partial charge in [0.2, 0.25) is 5.95 Å². The maximum atomic E-state index is 13.4. The molecular weight excluding hydrogens is 554 g/mol. The van der Waals surface area contributed by atoms with Crippen molar-refractivity contribution in [3.05, 3.63) is 70.5 Å². The Morgan fingerprint density at radius 2 is 1.53 bits per heavy atom. The summed E-state index contributed by atoms with van der Waals surface area (Å²) in [7, 11) is -4.91. The van der Waals surface area contributed by atoms with Crippen LogP contribution < -0.4 is 5.73 Å². The molecular formula is C20H11BrF6N4O2S. The summed E-state index contributed by atoms with van der Waals surface area (Å²) < 4.78 is 108. The molecule has 14 heteroatoms. The Hall–Kier alpha value is -3.13. The summed E-state index contributed by atoms with van der Waals surface area (Å²) in [5.41, 5.74) is 2.53. The van der Waals surface area contributed by atoms with Crippen LogP contribution in [0.1, 0.15) is 11.1 Å². The first-order chi connectivity index (χ1) is 15.7. The van der Waals surface area contributed by atoms with Crippen molar-refractivity contribution in [1.82, 2.24) is 13.9 Å². The first kappa shape index (κ1) is 24.0. The van der Waals surface area contributed by atoms with Crippen molar-refractivity contribution < 1.29 is 34.8 Å².